The van der Waals surface area contributed by atoms with Crippen molar-refractivity contribution in [2.45, 2.75) is 19.0 Å². The Bertz CT molecular complexity index is 960. The Morgan fingerprint density at radius 3 is 1.93 bits per heavy atom. The summed E-state index contributed by atoms with van der Waals surface area (Å²) in [4.78, 5) is 0. The number of nitrogens with zero attached hydrogens (tertiary/aromatic N) is 1. The van der Waals surface area contributed by atoms with Crippen molar-refractivity contribution in [1.82, 2.24) is 10.2 Å². The molecule has 1 aromatic heterocycles. The average Bonchev–Trinajstić information content (AvgIpc) is 3.10. The number of ether oxygens (including phenoxy) is 3. The van der Waals surface area contributed by atoms with Gasteiger partial charge in [-0.3, -0.25) is 5.10 Å². The lowest BCUT2D eigenvalue weighted by molar-refractivity contribution is -0.141. The summed E-state index contributed by atoms with van der Waals surface area (Å²) in [6.07, 6.45) is -4.62. The van der Waals surface area contributed by atoms with Crippen LogP contribution in [-0.2, 0) is 6.18 Å². The molecule has 3 aromatic rings. The van der Waals surface area contributed by atoms with E-state index in [4.69, 9.17) is 14.2 Å². The smallest absolute Gasteiger partial charge is 0.435 e. The summed E-state index contributed by atoms with van der Waals surface area (Å²) in [5.74, 6) is 0.597. The molecule has 0 amide bonds. The lowest BCUT2D eigenvalue weighted by atomic mass is 9.82. The van der Waals surface area contributed by atoms with E-state index >= 15 is 0 Å². The molecule has 0 aliphatic heterocycles. The summed E-state index contributed by atoms with van der Waals surface area (Å²) in [6, 6.07) is 12.0. The highest BCUT2D eigenvalue weighted by Crippen LogP contribution is 2.47. The minimum Gasteiger partial charge on any atom is -0.497 e. The van der Waals surface area contributed by atoms with Crippen LogP contribution in [0.2, 0.25) is 0 Å². The normalized spacial score (nSPS) is 12.5. The van der Waals surface area contributed by atoms with Gasteiger partial charge in [-0.2, -0.15) is 18.3 Å². The second-order valence-corrected chi connectivity index (χ2v) is 6.39. The topological polar surface area (TPSA) is 56.4 Å². The Morgan fingerprint density at radius 1 is 0.862 bits per heavy atom. The monoisotopic (exact) mass is 406 g/mol. The Morgan fingerprint density at radius 2 is 1.45 bits per heavy atom. The van der Waals surface area contributed by atoms with Crippen molar-refractivity contribution in [3.8, 4) is 17.2 Å². The number of aromatic amines is 1. The number of benzene rings is 2. The predicted molar refractivity (Wildman–Crippen MR) is 102 cm³/mol. The van der Waals surface area contributed by atoms with Crippen molar-refractivity contribution in [2.24, 2.45) is 0 Å². The Labute approximate surface area is 166 Å². The molecule has 1 unspecified atom stereocenters. The van der Waals surface area contributed by atoms with Crippen LogP contribution in [0.3, 0.4) is 0 Å². The Hall–Kier alpha value is -3.16. The average molecular weight is 406 g/mol. The van der Waals surface area contributed by atoms with Gasteiger partial charge in [-0.1, -0.05) is 18.2 Å². The quantitative estimate of drug-likeness (QED) is 0.630. The van der Waals surface area contributed by atoms with E-state index in [9.17, 15) is 13.2 Å². The van der Waals surface area contributed by atoms with Crippen LogP contribution in [0, 0.1) is 6.92 Å². The predicted octanol–water partition coefficient (Wildman–Crippen LogP) is 4.94. The second kappa shape index (κ2) is 8.06. The molecule has 0 saturated carbocycles. The van der Waals surface area contributed by atoms with Crippen molar-refractivity contribution in [2.75, 3.05) is 21.3 Å². The molecule has 0 spiro atoms. The summed E-state index contributed by atoms with van der Waals surface area (Å²) in [7, 11) is 4.46. The molecule has 1 N–H and O–H groups in total. The fraction of sp³-hybridized carbons (Fsp3) is 0.286. The Balaban J connectivity index is 2.35. The molecule has 0 aliphatic rings. The number of alkyl halides is 3. The van der Waals surface area contributed by atoms with Crippen LogP contribution in [0.5, 0.6) is 17.2 Å². The molecule has 1 atom stereocenters. The number of hydrogen-bond donors (Lipinski definition) is 1. The summed E-state index contributed by atoms with van der Waals surface area (Å²) >= 11 is 0. The fourth-order valence-electron chi connectivity index (χ4n) is 3.45. The van der Waals surface area contributed by atoms with Crippen molar-refractivity contribution in [1.29, 1.82) is 0 Å². The first kappa shape index (κ1) is 20.6. The summed E-state index contributed by atoms with van der Waals surface area (Å²) < 4.78 is 57.5. The summed E-state index contributed by atoms with van der Waals surface area (Å²) in [5, 5.41) is 6.03. The largest absolute Gasteiger partial charge is 0.497 e. The standard InChI is InChI=1S/C21H21F3N2O3/c1-12-17(20(26-25-12)21(22,23)24)18(13-8-10-14(27-2)11-9-13)19-15(28-3)6-5-7-16(19)29-4/h5-11,18H,1-4H3,(H,25,26). The van der Waals surface area contributed by atoms with E-state index < -0.39 is 17.8 Å². The van der Waals surface area contributed by atoms with E-state index in [0.717, 1.165) is 0 Å². The lowest BCUT2D eigenvalue weighted by Gasteiger charge is -2.24. The third kappa shape index (κ3) is 3.87. The van der Waals surface area contributed by atoms with Crippen LogP contribution in [-0.4, -0.2) is 31.5 Å². The lowest BCUT2D eigenvalue weighted by Crippen LogP contribution is -2.15. The maximum Gasteiger partial charge on any atom is 0.435 e. The molecular weight excluding hydrogens is 385 g/mol. The van der Waals surface area contributed by atoms with Crippen molar-refractivity contribution in [3.63, 3.8) is 0 Å². The van der Waals surface area contributed by atoms with Gasteiger partial charge in [-0.15, -0.1) is 0 Å². The van der Waals surface area contributed by atoms with Crippen LogP contribution in [0.4, 0.5) is 13.2 Å². The zero-order valence-corrected chi connectivity index (χ0v) is 16.4. The first-order valence-corrected chi connectivity index (χ1v) is 8.78. The minimum absolute atomic E-state index is 0.0190. The molecule has 0 bridgehead atoms. The summed E-state index contributed by atoms with van der Waals surface area (Å²) in [6.45, 7) is 1.57. The van der Waals surface area contributed by atoms with Crippen LogP contribution >= 0.6 is 0 Å². The van der Waals surface area contributed by atoms with E-state index in [2.05, 4.69) is 10.2 Å². The van der Waals surface area contributed by atoms with Crippen molar-refractivity contribution < 1.29 is 27.4 Å². The minimum atomic E-state index is -4.62. The molecule has 0 aliphatic carbocycles. The van der Waals surface area contributed by atoms with Crippen LogP contribution in [0.15, 0.2) is 42.5 Å². The molecule has 2 aromatic carbocycles. The Kier molecular flexibility index (Phi) is 5.72. The maximum absolute atomic E-state index is 13.8. The van der Waals surface area contributed by atoms with Crippen LogP contribution in [0.25, 0.3) is 0 Å². The second-order valence-electron chi connectivity index (χ2n) is 6.39. The molecule has 8 heteroatoms. The molecule has 3 rings (SSSR count). The number of halogens is 3. The zero-order chi connectivity index (χ0) is 21.2. The van der Waals surface area contributed by atoms with Gasteiger partial charge in [0, 0.05) is 22.7 Å². The number of aryl methyl sites for hydroxylation is 1. The summed E-state index contributed by atoms with van der Waals surface area (Å²) in [5.41, 5.74) is 0.460. The zero-order valence-electron chi connectivity index (χ0n) is 16.4. The number of H-pyrrole nitrogens is 1. The van der Waals surface area contributed by atoms with E-state index in [0.29, 0.717) is 34.1 Å². The van der Waals surface area contributed by atoms with E-state index in [1.54, 1.807) is 49.4 Å². The van der Waals surface area contributed by atoms with E-state index in [1.165, 1.54) is 21.3 Å². The van der Waals surface area contributed by atoms with Gasteiger partial charge in [0.15, 0.2) is 5.69 Å². The maximum atomic E-state index is 13.8. The number of nitrogens with one attached hydrogen (secondary N) is 1. The van der Waals surface area contributed by atoms with Crippen molar-refractivity contribution >= 4 is 0 Å². The van der Waals surface area contributed by atoms with Gasteiger partial charge in [0.05, 0.1) is 21.3 Å². The highest BCUT2D eigenvalue weighted by atomic mass is 19.4. The van der Waals surface area contributed by atoms with Gasteiger partial charge in [-0.05, 0) is 36.8 Å². The fourth-order valence-corrected chi connectivity index (χ4v) is 3.45. The third-order valence-electron chi connectivity index (χ3n) is 4.76. The van der Waals surface area contributed by atoms with Gasteiger partial charge < -0.3 is 14.2 Å². The molecule has 0 radical (unpaired) electrons. The molecule has 0 fully saturated rings. The SMILES string of the molecule is COc1ccc(C(c2c(OC)cccc2OC)c2c(C(F)(F)F)n[nH]c2C)cc1. The van der Waals surface area contributed by atoms with E-state index in [-0.39, 0.29) is 5.56 Å². The van der Waals surface area contributed by atoms with Gasteiger partial charge in [0.1, 0.15) is 17.2 Å². The first-order valence-electron chi connectivity index (χ1n) is 8.78. The molecule has 154 valence electrons. The highest BCUT2D eigenvalue weighted by molar-refractivity contribution is 5.57. The third-order valence-corrected chi connectivity index (χ3v) is 4.76. The molecule has 1 heterocycles. The molecular formula is C21H21F3N2O3. The number of hydrogen-bond acceptors (Lipinski definition) is 4. The number of methoxy groups -OCH3 is 3. The molecule has 0 saturated heterocycles. The van der Waals surface area contributed by atoms with Crippen LogP contribution in [0.1, 0.15) is 34.0 Å². The van der Waals surface area contributed by atoms with E-state index in [1.807, 2.05) is 0 Å². The van der Waals surface area contributed by atoms with Gasteiger partial charge in [-0.25, -0.2) is 0 Å². The number of aromatic nitrogens is 2. The van der Waals surface area contributed by atoms with Gasteiger partial charge in [0.2, 0.25) is 0 Å². The first-order chi connectivity index (χ1) is 13.8. The molecule has 5 nitrogen and oxygen atoms in total. The number of rotatable bonds is 6. The van der Waals surface area contributed by atoms with Gasteiger partial charge in [0.25, 0.3) is 0 Å². The molecule has 29 heavy (non-hydrogen) atoms. The van der Waals surface area contributed by atoms with Crippen molar-refractivity contribution in [3.05, 3.63) is 70.5 Å². The van der Waals surface area contributed by atoms with Gasteiger partial charge >= 0.3 is 6.18 Å². The highest BCUT2D eigenvalue weighted by Gasteiger charge is 2.41. The van der Waals surface area contributed by atoms with Crippen LogP contribution < -0.4 is 14.2 Å².